The van der Waals surface area contributed by atoms with E-state index in [4.69, 9.17) is 5.11 Å². The second-order valence-corrected chi connectivity index (χ2v) is 4.60. The molecule has 1 aromatic heterocycles. The molecule has 18 heavy (non-hydrogen) atoms. The third-order valence-corrected chi connectivity index (χ3v) is 3.09. The van der Waals surface area contributed by atoms with Gasteiger partial charge in [0.25, 0.3) is 0 Å². The Balaban J connectivity index is 2.40. The first-order valence-electron chi connectivity index (χ1n) is 5.81. The van der Waals surface area contributed by atoms with Gasteiger partial charge in [-0.1, -0.05) is 6.07 Å². The molecule has 1 heterocycles. The van der Waals surface area contributed by atoms with Gasteiger partial charge in [0.2, 0.25) is 0 Å². The number of H-pyrrole nitrogens is 1. The van der Waals surface area contributed by atoms with Crippen LogP contribution in [0.25, 0.3) is 11.3 Å². The fourth-order valence-corrected chi connectivity index (χ4v) is 1.99. The molecule has 2 rings (SSSR count). The van der Waals surface area contributed by atoms with Gasteiger partial charge in [0.05, 0.1) is 12.1 Å². The summed E-state index contributed by atoms with van der Waals surface area (Å²) in [4.78, 5) is 10.6. The Hall–Kier alpha value is -2.10. The molecular formula is C14H16N2O2. The summed E-state index contributed by atoms with van der Waals surface area (Å²) in [6.07, 6.45) is -0.0309. The van der Waals surface area contributed by atoms with Crippen molar-refractivity contribution in [1.29, 1.82) is 0 Å². The number of aromatic amines is 1. The van der Waals surface area contributed by atoms with E-state index in [1.165, 1.54) is 11.1 Å². The standard InChI is InChI=1S/C14H16N2O2/c1-8-4-10(3)12(5-9(8)2)13-6-11(15-16-13)7-14(17)18/h4-6H,7H2,1-3H3,(H,15,16)(H,17,18). The number of aromatic nitrogens is 2. The fourth-order valence-electron chi connectivity index (χ4n) is 1.99. The molecule has 0 fully saturated rings. The molecule has 0 amide bonds. The minimum Gasteiger partial charge on any atom is -0.481 e. The Bertz CT molecular complexity index is 600. The number of rotatable bonds is 3. The lowest BCUT2D eigenvalue weighted by atomic mass is 9.99. The summed E-state index contributed by atoms with van der Waals surface area (Å²) in [6.45, 7) is 6.17. The number of benzene rings is 1. The molecule has 0 spiro atoms. The van der Waals surface area contributed by atoms with Gasteiger partial charge in [0.15, 0.2) is 0 Å². The third kappa shape index (κ3) is 2.42. The zero-order valence-corrected chi connectivity index (χ0v) is 10.7. The van der Waals surface area contributed by atoms with Gasteiger partial charge in [0.1, 0.15) is 0 Å². The van der Waals surface area contributed by atoms with E-state index in [1.807, 2.05) is 6.92 Å². The molecule has 0 atom stereocenters. The Morgan fingerprint density at radius 3 is 2.50 bits per heavy atom. The van der Waals surface area contributed by atoms with E-state index in [-0.39, 0.29) is 6.42 Å². The topological polar surface area (TPSA) is 66.0 Å². The van der Waals surface area contributed by atoms with Gasteiger partial charge in [-0.15, -0.1) is 0 Å². The van der Waals surface area contributed by atoms with E-state index in [9.17, 15) is 4.79 Å². The number of carboxylic acids is 1. The van der Waals surface area contributed by atoms with Gasteiger partial charge in [-0.2, -0.15) is 5.10 Å². The lowest BCUT2D eigenvalue weighted by Gasteiger charge is -2.07. The highest BCUT2D eigenvalue weighted by Crippen LogP contribution is 2.25. The fraction of sp³-hybridized carbons (Fsp3) is 0.286. The molecule has 0 aliphatic rings. The van der Waals surface area contributed by atoms with Crippen LogP contribution in [0.2, 0.25) is 0 Å². The van der Waals surface area contributed by atoms with Crippen molar-refractivity contribution in [2.24, 2.45) is 0 Å². The SMILES string of the molecule is Cc1cc(C)c(-c2cc(CC(=O)O)[nH]n2)cc1C. The van der Waals surface area contributed by atoms with Crippen LogP contribution in [0, 0.1) is 20.8 Å². The van der Waals surface area contributed by atoms with Gasteiger partial charge in [0, 0.05) is 11.3 Å². The van der Waals surface area contributed by atoms with Gasteiger partial charge in [-0.05, 0) is 49.6 Å². The maximum atomic E-state index is 10.6. The molecule has 0 aliphatic carbocycles. The van der Waals surface area contributed by atoms with Crippen molar-refractivity contribution in [1.82, 2.24) is 10.2 Å². The molecule has 0 saturated heterocycles. The van der Waals surface area contributed by atoms with E-state index in [1.54, 1.807) is 6.07 Å². The highest BCUT2D eigenvalue weighted by Gasteiger charge is 2.10. The molecule has 0 aliphatic heterocycles. The van der Waals surface area contributed by atoms with Crippen LogP contribution >= 0.6 is 0 Å². The van der Waals surface area contributed by atoms with Gasteiger partial charge >= 0.3 is 5.97 Å². The molecule has 4 heteroatoms. The number of hydrogen-bond acceptors (Lipinski definition) is 2. The summed E-state index contributed by atoms with van der Waals surface area (Å²) < 4.78 is 0. The van der Waals surface area contributed by atoms with E-state index in [0.29, 0.717) is 5.69 Å². The van der Waals surface area contributed by atoms with Crippen molar-refractivity contribution >= 4 is 5.97 Å². The van der Waals surface area contributed by atoms with E-state index < -0.39 is 5.97 Å². The highest BCUT2D eigenvalue weighted by molar-refractivity contribution is 5.71. The Labute approximate surface area is 106 Å². The molecule has 2 aromatic rings. The highest BCUT2D eigenvalue weighted by atomic mass is 16.4. The minimum atomic E-state index is -0.859. The predicted octanol–water partition coefficient (Wildman–Crippen LogP) is 2.63. The van der Waals surface area contributed by atoms with Crippen LogP contribution in [-0.2, 0) is 11.2 Å². The Morgan fingerprint density at radius 1 is 1.17 bits per heavy atom. The molecule has 2 N–H and O–H groups in total. The van der Waals surface area contributed by atoms with Gasteiger partial charge < -0.3 is 5.11 Å². The number of aliphatic carboxylic acids is 1. The van der Waals surface area contributed by atoms with Crippen LogP contribution < -0.4 is 0 Å². The molecule has 0 saturated carbocycles. The molecule has 0 radical (unpaired) electrons. The van der Waals surface area contributed by atoms with Crippen molar-refractivity contribution in [2.45, 2.75) is 27.2 Å². The molecule has 4 nitrogen and oxygen atoms in total. The number of aryl methyl sites for hydroxylation is 3. The van der Waals surface area contributed by atoms with Crippen molar-refractivity contribution in [2.75, 3.05) is 0 Å². The summed E-state index contributed by atoms with van der Waals surface area (Å²) in [5, 5.41) is 15.7. The Kier molecular flexibility index (Phi) is 3.19. The van der Waals surface area contributed by atoms with Crippen molar-refractivity contribution in [3.8, 4) is 11.3 Å². The Morgan fingerprint density at radius 2 is 1.83 bits per heavy atom. The first kappa shape index (κ1) is 12.4. The van der Waals surface area contributed by atoms with E-state index >= 15 is 0 Å². The van der Waals surface area contributed by atoms with Gasteiger partial charge in [-0.3, -0.25) is 9.89 Å². The van der Waals surface area contributed by atoms with Crippen LogP contribution in [0.5, 0.6) is 0 Å². The monoisotopic (exact) mass is 244 g/mol. The van der Waals surface area contributed by atoms with Crippen molar-refractivity contribution < 1.29 is 9.90 Å². The maximum Gasteiger partial charge on any atom is 0.309 e. The van der Waals surface area contributed by atoms with Crippen LogP contribution in [0.15, 0.2) is 18.2 Å². The summed E-state index contributed by atoms with van der Waals surface area (Å²) in [7, 11) is 0. The van der Waals surface area contributed by atoms with Gasteiger partial charge in [-0.25, -0.2) is 0 Å². The number of nitrogens with zero attached hydrogens (tertiary/aromatic N) is 1. The normalized spacial score (nSPS) is 10.6. The average Bonchev–Trinajstić information content (AvgIpc) is 2.70. The van der Waals surface area contributed by atoms with Crippen molar-refractivity contribution in [3.05, 3.63) is 40.6 Å². The zero-order chi connectivity index (χ0) is 13.3. The first-order chi connectivity index (χ1) is 8.47. The number of carboxylic acid groups (broad SMARTS) is 1. The summed E-state index contributed by atoms with van der Waals surface area (Å²) in [5.74, 6) is -0.859. The third-order valence-electron chi connectivity index (χ3n) is 3.09. The molecular weight excluding hydrogens is 228 g/mol. The van der Waals surface area contributed by atoms with E-state index in [2.05, 4.69) is 36.2 Å². The second kappa shape index (κ2) is 4.64. The molecule has 0 bridgehead atoms. The summed E-state index contributed by atoms with van der Waals surface area (Å²) in [6, 6.07) is 6.01. The molecule has 1 aromatic carbocycles. The first-order valence-corrected chi connectivity index (χ1v) is 5.81. The van der Waals surface area contributed by atoms with Crippen LogP contribution in [0.3, 0.4) is 0 Å². The number of hydrogen-bond donors (Lipinski definition) is 2. The quantitative estimate of drug-likeness (QED) is 0.872. The molecule has 0 unspecified atom stereocenters. The zero-order valence-electron chi connectivity index (χ0n) is 10.7. The largest absolute Gasteiger partial charge is 0.481 e. The minimum absolute atomic E-state index is 0.0309. The van der Waals surface area contributed by atoms with Crippen LogP contribution in [-0.4, -0.2) is 21.3 Å². The summed E-state index contributed by atoms with van der Waals surface area (Å²) >= 11 is 0. The number of carbonyl (C=O) groups is 1. The maximum absolute atomic E-state index is 10.6. The van der Waals surface area contributed by atoms with Crippen LogP contribution in [0.1, 0.15) is 22.4 Å². The number of nitrogens with one attached hydrogen (secondary N) is 1. The van der Waals surface area contributed by atoms with Crippen molar-refractivity contribution in [3.63, 3.8) is 0 Å². The summed E-state index contributed by atoms with van der Waals surface area (Å²) in [5.41, 5.74) is 6.07. The second-order valence-electron chi connectivity index (χ2n) is 4.60. The average molecular weight is 244 g/mol. The predicted molar refractivity (Wildman–Crippen MR) is 69.6 cm³/mol. The smallest absolute Gasteiger partial charge is 0.309 e. The molecule has 94 valence electrons. The van der Waals surface area contributed by atoms with Crippen LogP contribution in [0.4, 0.5) is 0 Å². The lowest BCUT2D eigenvalue weighted by Crippen LogP contribution is -1.99. The lowest BCUT2D eigenvalue weighted by molar-refractivity contribution is -0.136. The van der Waals surface area contributed by atoms with E-state index in [0.717, 1.165) is 16.8 Å².